The molecular formula is C37H37N2S+. The van der Waals surface area contributed by atoms with E-state index in [9.17, 15) is 0 Å². The average molecular weight is 542 g/mol. The highest BCUT2D eigenvalue weighted by molar-refractivity contribution is 8.01. The van der Waals surface area contributed by atoms with Crippen LogP contribution in [0, 0.1) is 26.7 Å². The first-order valence-corrected chi connectivity index (χ1v) is 15.4. The van der Waals surface area contributed by atoms with Gasteiger partial charge in [-0.25, -0.2) is 4.58 Å². The molecule has 0 N–H and O–H groups in total. The SMILES string of the molecule is Cc1cc(C)c(C)c(C2=[N+](C)C=CC3c4cc(-n5c6ccccc6c6cccc(CC(C)C)c65)ccc4SC23)c1. The number of fused-ring (bicyclic) bond motifs is 6. The molecule has 3 heterocycles. The summed E-state index contributed by atoms with van der Waals surface area (Å²) in [5, 5.41) is 3.05. The molecule has 5 aromatic rings. The molecule has 200 valence electrons. The lowest BCUT2D eigenvalue weighted by Gasteiger charge is -2.22. The van der Waals surface area contributed by atoms with Crippen LogP contribution < -0.4 is 0 Å². The smallest absolute Gasteiger partial charge is 0.203 e. The molecular weight excluding hydrogens is 504 g/mol. The van der Waals surface area contributed by atoms with Crippen LogP contribution in [-0.2, 0) is 6.42 Å². The minimum Gasteiger partial charge on any atom is -0.309 e. The van der Waals surface area contributed by atoms with Crippen molar-refractivity contribution >= 4 is 39.3 Å². The molecule has 0 bridgehead atoms. The number of allylic oxidation sites excluding steroid dienone is 1. The van der Waals surface area contributed by atoms with Crippen molar-refractivity contribution in [3.05, 3.63) is 118 Å². The van der Waals surface area contributed by atoms with E-state index in [0.717, 1.165) is 6.42 Å². The first-order chi connectivity index (χ1) is 19.3. The van der Waals surface area contributed by atoms with Gasteiger partial charge in [-0.2, -0.15) is 0 Å². The molecule has 0 saturated carbocycles. The Labute approximate surface area is 242 Å². The highest BCUT2D eigenvalue weighted by atomic mass is 32.2. The molecule has 40 heavy (non-hydrogen) atoms. The predicted octanol–water partition coefficient (Wildman–Crippen LogP) is 9.12. The number of aryl methyl sites for hydroxylation is 2. The molecule has 2 atom stereocenters. The summed E-state index contributed by atoms with van der Waals surface area (Å²) in [6.45, 7) is 11.4. The first-order valence-electron chi connectivity index (χ1n) is 14.5. The number of rotatable bonds is 4. The van der Waals surface area contributed by atoms with E-state index in [0.29, 0.717) is 17.1 Å². The molecule has 0 fully saturated rings. The van der Waals surface area contributed by atoms with Crippen LogP contribution in [0.4, 0.5) is 0 Å². The number of hydrogen-bond acceptors (Lipinski definition) is 1. The maximum absolute atomic E-state index is 2.53. The largest absolute Gasteiger partial charge is 0.309 e. The van der Waals surface area contributed by atoms with E-state index in [1.54, 1.807) is 0 Å². The Morgan fingerprint density at radius 3 is 2.52 bits per heavy atom. The molecule has 2 aliphatic rings. The molecule has 3 heteroatoms. The topological polar surface area (TPSA) is 7.94 Å². The van der Waals surface area contributed by atoms with Crippen LogP contribution in [0.2, 0.25) is 0 Å². The van der Waals surface area contributed by atoms with E-state index >= 15 is 0 Å². The quantitative estimate of drug-likeness (QED) is 0.206. The molecule has 2 aliphatic heterocycles. The predicted molar refractivity (Wildman–Crippen MR) is 172 cm³/mol. The fourth-order valence-electron chi connectivity index (χ4n) is 6.96. The number of nitrogens with zero attached hydrogens (tertiary/aromatic N) is 2. The number of aromatic nitrogens is 1. The zero-order valence-corrected chi connectivity index (χ0v) is 25.1. The van der Waals surface area contributed by atoms with Gasteiger partial charge in [0.25, 0.3) is 0 Å². The number of thioether (sulfide) groups is 1. The Morgan fingerprint density at radius 2 is 1.70 bits per heavy atom. The van der Waals surface area contributed by atoms with Crippen molar-refractivity contribution < 1.29 is 4.58 Å². The van der Waals surface area contributed by atoms with Gasteiger partial charge in [0.1, 0.15) is 12.3 Å². The molecule has 2 nitrogen and oxygen atoms in total. The zero-order chi connectivity index (χ0) is 27.7. The third-order valence-corrected chi connectivity index (χ3v) is 10.2. The standard InChI is InChI=1S/C37H37N2S/c1-22(2)18-26-10-9-12-29-28-11-7-8-13-33(28)39(35(26)29)27-14-15-34-32(21-27)30-16-17-38(6)36(37(30)40-34)31-20-23(3)19-24(4)25(31)5/h7-17,19-22,30,37H,18H2,1-6H3/q+1. The fourth-order valence-corrected chi connectivity index (χ4v) is 8.50. The van der Waals surface area contributed by atoms with Crippen molar-refractivity contribution in [2.24, 2.45) is 5.92 Å². The maximum atomic E-state index is 2.53. The fraction of sp³-hybridized carbons (Fsp3) is 0.270. The Hall–Kier alpha value is -3.56. The van der Waals surface area contributed by atoms with E-state index in [4.69, 9.17) is 0 Å². The third-order valence-electron chi connectivity index (χ3n) is 8.85. The van der Waals surface area contributed by atoms with Gasteiger partial charge >= 0.3 is 0 Å². The highest BCUT2D eigenvalue weighted by Crippen LogP contribution is 2.50. The second kappa shape index (κ2) is 9.52. The summed E-state index contributed by atoms with van der Waals surface area (Å²) in [4.78, 5) is 1.40. The van der Waals surface area contributed by atoms with Crippen LogP contribution in [0.15, 0.2) is 90.0 Å². The van der Waals surface area contributed by atoms with E-state index in [-0.39, 0.29) is 0 Å². The summed E-state index contributed by atoms with van der Waals surface area (Å²) in [6, 6.07) is 27.6. The van der Waals surface area contributed by atoms with E-state index in [1.807, 2.05) is 11.8 Å². The highest BCUT2D eigenvalue weighted by Gasteiger charge is 2.43. The maximum Gasteiger partial charge on any atom is 0.203 e. The van der Waals surface area contributed by atoms with Gasteiger partial charge in [0.15, 0.2) is 6.20 Å². The Kier molecular flexibility index (Phi) is 6.05. The van der Waals surface area contributed by atoms with Crippen LogP contribution in [0.25, 0.3) is 27.5 Å². The lowest BCUT2D eigenvalue weighted by molar-refractivity contribution is -0.424. The summed E-state index contributed by atoms with van der Waals surface area (Å²) in [5.74, 6) is 0.955. The second-order valence-electron chi connectivity index (χ2n) is 12.1. The van der Waals surface area contributed by atoms with Gasteiger partial charge < -0.3 is 4.57 Å². The van der Waals surface area contributed by atoms with E-state index in [2.05, 4.69) is 136 Å². The van der Waals surface area contributed by atoms with Gasteiger partial charge in [0.2, 0.25) is 5.71 Å². The summed E-state index contributed by atoms with van der Waals surface area (Å²) < 4.78 is 4.88. The van der Waals surface area contributed by atoms with Gasteiger partial charge in [0.05, 0.1) is 11.0 Å². The van der Waals surface area contributed by atoms with Crippen LogP contribution >= 0.6 is 11.8 Å². The van der Waals surface area contributed by atoms with Gasteiger partial charge in [0, 0.05) is 32.8 Å². The number of benzene rings is 4. The number of para-hydroxylation sites is 2. The zero-order valence-electron chi connectivity index (χ0n) is 24.3. The van der Waals surface area contributed by atoms with Crippen molar-refractivity contribution in [3.8, 4) is 5.69 Å². The molecule has 4 aromatic carbocycles. The van der Waals surface area contributed by atoms with Gasteiger partial charge in [-0.3, -0.25) is 0 Å². The Bertz CT molecular complexity index is 1880. The molecule has 2 unspecified atom stereocenters. The summed E-state index contributed by atoms with van der Waals surface area (Å²) >= 11 is 2.03. The normalized spacial score (nSPS) is 18.3. The molecule has 1 aromatic heterocycles. The monoisotopic (exact) mass is 541 g/mol. The molecule has 0 spiro atoms. The van der Waals surface area contributed by atoms with Gasteiger partial charge in [-0.15, -0.1) is 11.8 Å². The van der Waals surface area contributed by atoms with Crippen molar-refractivity contribution in [1.82, 2.24) is 4.57 Å². The van der Waals surface area contributed by atoms with E-state index in [1.165, 1.54) is 71.5 Å². The molecule has 0 aliphatic carbocycles. The first kappa shape index (κ1) is 25.4. The summed E-state index contributed by atoms with van der Waals surface area (Å²) in [7, 11) is 2.21. The molecule has 0 radical (unpaired) electrons. The average Bonchev–Trinajstić information content (AvgIpc) is 3.46. The van der Waals surface area contributed by atoms with Gasteiger partial charge in [-0.05, 0) is 91.8 Å². The van der Waals surface area contributed by atoms with Crippen molar-refractivity contribution in [2.75, 3.05) is 7.05 Å². The minimum absolute atomic E-state index is 0.356. The van der Waals surface area contributed by atoms with E-state index < -0.39 is 0 Å². The second-order valence-corrected chi connectivity index (χ2v) is 13.3. The third kappa shape index (κ3) is 3.89. The van der Waals surface area contributed by atoms with Crippen molar-refractivity contribution in [2.45, 2.75) is 57.1 Å². The van der Waals surface area contributed by atoms with Crippen molar-refractivity contribution in [1.29, 1.82) is 0 Å². The van der Waals surface area contributed by atoms with Crippen LogP contribution in [0.1, 0.15) is 53.1 Å². The van der Waals surface area contributed by atoms with Crippen LogP contribution in [0.3, 0.4) is 0 Å². The molecule has 0 saturated heterocycles. The Balaban J connectivity index is 1.39. The Morgan fingerprint density at radius 1 is 0.900 bits per heavy atom. The van der Waals surface area contributed by atoms with Crippen LogP contribution in [0.5, 0.6) is 0 Å². The minimum atomic E-state index is 0.356. The molecule has 7 rings (SSSR count). The summed E-state index contributed by atoms with van der Waals surface area (Å²) in [6.07, 6.45) is 5.78. The number of hydrogen-bond donors (Lipinski definition) is 0. The lowest BCUT2D eigenvalue weighted by atomic mass is 9.86. The molecule has 0 amide bonds. The van der Waals surface area contributed by atoms with Gasteiger partial charge in [-0.1, -0.05) is 61.9 Å². The summed E-state index contributed by atoms with van der Waals surface area (Å²) in [5.41, 5.74) is 13.7. The van der Waals surface area contributed by atoms with Crippen LogP contribution in [-0.4, -0.2) is 27.2 Å². The van der Waals surface area contributed by atoms with Crippen molar-refractivity contribution in [3.63, 3.8) is 0 Å². The lowest BCUT2D eigenvalue weighted by Crippen LogP contribution is -2.32.